The number of fused-ring (bicyclic) bond motifs is 1. The summed E-state index contributed by atoms with van der Waals surface area (Å²) >= 11 is 0. The molecule has 0 saturated carbocycles. The van der Waals surface area contributed by atoms with E-state index in [1.165, 1.54) is 11.1 Å². The SMILES string of the molecule is CC1=CC(O)C2C(CC(C)=CCC1)OC(=O)C2C. The van der Waals surface area contributed by atoms with Crippen LogP contribution in [0.25, 0.3) is 0 Å². The van der Waals surface area contributed by atoms with Gasteiger partial charge in [-0.15, -0.1) is 0 Å². The van der Waals surface area contributed by atoms with Crippen LogP contribution in [0.3, 0.4) is 0 Å². The van der Waals surface area contributed by atoms with Gasteiger partial charge in [-0.1, -0.05) is 30.2 Å². The Labute approximate surface area is 109 Å². The minimum atomic E-state index is -0.581. The summed E-state index contributed by atoms with van der Waals surface area (Å²) in [6, 6.07) is 0. The molecule has 100 valence electrons. The number of ether oxygens (including phenoxy) is 1. The normalized spacial score (nSPS) is 37.4. The zero-order valence-corrected chi connectivity index (χ0v) is 11.3. The Balaban J connectivity index is 2.29. The smallest absolute Gasteiger partial charge is 0.309 e. The maximum absolute atomic E-state index is 11.7. The van der Waals surface area contributed by atoms with Gasteiger partial charge in [0.15, 0.2) is 0 Å². The average molecular weight is 250 g/mol. The molecule has 0 aromatic heterocycles. The van der Waals surface area contributed by atoms with E-state index in [2.05, 4.69) is 13.0 Å². The zero-order valence-electron chi connectivity index (χ0n) is 11.3. The molecule has 4 unspecified atom stereocenters. The van der Waals surface area contributed by atoms with E-state index in [4.69, 9.17) is 4.74 Å². The summed E-state index contributed by atoms with van der Waals surface area (Å²) in [6.45, 7) is 5.95. The van der Waals surface area contributed by atoms with Gasteiger partial charge in [0.25, 0.3) is 0 Å². The summed E-state index contributed by atoms with van der Waals surface area (Å²) in [5.41, 5.74) is 2.42. The first-order valence-electron chi connectivity index (χ1n) is 6.70. The second-order valence-corrected chi connectivity index (χ2v) is 5.64. The van der Waals surface area contributed by atoms with Crippen LogP contribution >= 0.6 is 0 Å². The molecule has 1 fully saturated rings. The fraction of sp³-hybridized carbons (Fsp3) is 0.667. The van der Waals surface area contributed by atoms with Crippen molar-refractivity contribution < 1.29 is 14.6 Å². The van der Waals surface area contributed by atoms with E-state index in [9.17, 15) is 9.90 Å². The summed E-state index contributed by atoms with van der Waals surface area (Å²) in [6.07, 6.45) is 6.04. The first kappa shape index (κ1) is 13.3. The van der Waals surface area contributed by atoms with Gasteiger partial charge in [0.05, 0.1) is 12.0 Å². The van der Waals surface area contributed by atoms with Gasteiger partial charge in [0, 0.05) is 12.3 Å². The molecule has 0 aromatic carbocycles. The van der Waals surface area contributed by atoms with Crippen molar-refractivity contribution in [2.75, 3.05) is 0 Å². The molecule has 0 amide bonds. The first-order valence-corrected chi connectivity index (χ1v) is 6.70. The van der Waals surface area contributed by atoms with Gasteiger partial charge in [-0.05, 0) is 26.7 Å². The largest absolute Gasteiger partial charge is 0.461 e. The van der Waals surface area contributed by atoms with Gasteiger partial charge in [0.2, 0.25) is 0 Å². The molecular formula is C15H22O3. The van der Waals surface area contributed by atoms with Crippen molar-refractivity contribution in [3.05, 3.63) is 23.3 Å². The van der Waals surface area contributed by atoms with Crippen LogP contribution < -0.4 is 0 Å². The van der Waals surface area contributed by atoms with E-state index < -0.39 is 6.10 Å². The summed E-state index contributed by atoms with van der Waals surface area (Å²) < 4.78 is 5.42. The van der Waals surface area contributed by atoms with Crippen LogP contribution in [0, 0.1) is 11.8 Å². The Morgan fingerprint density at radius 2 is 2.06 bits per heavy atom. The number of hydrogen-bond acceptors (Lipinski definition) is 3. The van der Waals surface area contributed by atoms with Crippen LogP contribution in [0.1, 0.15) is 40.0 Å². The Hall–Kier alpha value is -1.09. The lowest BCUT2D eigenvalue weighted by Gasteiger charge is -2.24. The molecule has 1 saturated heterocycles. The number of esters is 1. The lowest BCUT2D eigenvalue weighted by atomic mass is 9.83. The third-order valence-corrected chi connectivity index (χ3v) is 4.05. The zero-order chi connectivity index (χ0) is 13.3. The topological polar surface area (TPSA) is 46.5 Å². The van der Waals surface area contributed by atoms with Crippen molar-refractivity contribution in [2.24, 2.45) is 11.8 Å². The van der Waals surface area contributed by atoms with Gasteiger partial charge >= 0.3 is 5.97 Å². The Kier molecular flexibility index (Phi) is 3.91. The minimum absolute atomic E-state index is 0.117. The molecular weight excluding hydrogens is 228 g/mol. The Bertz CT molecular complexity index is 395. The fourth-order valence-corrected chi connectivity index (χ4v) is 2.94. The minimum Gasteiger partial charge on any atom is -0.461 e. The number of aliphatic hydroxyl groups excluding tert-OH is 1. The van der Waals surface area contributed by atoms with Gasteiger partial charge in [-0.25, -0.2) is 0 Å². The van der Waals surface area contributed by atoms with Crippen molar-refractivity contribution in [2.45, 2.75) is 52.2 Å². The highest BCUT2D eigenvalue weighted by Crippen LogP contribution is 2.35. The van der Waals surface area contributed by atoms with Gasteiger partial charge in [0.1, 0.15) is 6.10 Å². The first-order chi connectivity index (χ1) is 8.49. The third kappa shape index (κ3) is 2.66. The summed E-state index contributed by atoms with van der Waals surface area (Å²) in [5.74, 6) is -0.516. The number of allylic oxidation sites excluding steroid dienone is 2. The maximum atomic E-state index is 11.7. The highest BCUT2D eigenvalue weighted by molar-refractivity contribution is 5.75. The van der Waals surface area contributed by atoms with Crippen molar-refractivity contribution >= 4 is 5.97 Å². The molecule has 1 aliphatic carbocycles. The molecule has 1 N–H and O–H groups in total. The van der Waals surface area contributed by atoms with E-state index in [1.807, 2.05) is 19.9 Å². The highest BCUT2D eigenvalue weighted by Gasteiger charge is 2.44. The molecule has 0 aromatic rings. The number of rotatable bonds is 0. The van der Waals surface area contributed by atoms with Crippen LogP contribution in [-0.2, 0) is 9.53 Å². The lowest BCUT2D eigenvalue weighted by Crippen LogP contribution is -2.31. The molecule has 0 bridgehead atoms. The van der Waals surface area contributed by atoms with E-state index in [0.717, 1.165) is 19.3 Å². The second-order valence-electron chi connectivity index (χ2n) is 5.64. The molecule has 2 aliphatic rings. The van der Waals surface area contributed by atoms with Gasteiger partial charge in [-0.2, -0.15) is 0 Å². The van der Waals surface area contributed by atoms with E-state index in [1.54, 1.807) is 0 Å². The van der Waals surface area contributed by atoms with Crippen LogP contribution in [0.2, 0.25) is 0 Å². The average Bonchev–Trinajstić information content (AvgIpc) is 2.53. The van der Waals surface area contributed by atoms with Crippen molar-refractivity contribution in [3.63, 3.8) is 0 Å². The van der Waals surface area contributed by atoms with Crippen molar-refractivity contribution in [1.29, 1.82) is 0 Å². The number of aliphatic hydroxyl groups is 1. The van der Waals surface area contributed by atoms with Crippen LogP contribution in [0.4, 0.5) is 0 Å². The summed E-state index contributed by atoms with van der Waals surface area (Å²) in [4.78, 5) is 11.7. The van der Waals surface area contributed by atoms with Crippen LogP contribution in [0.15, 0.2) is 23.3 Å². The predicted molar refractivity (Wildman–Crippen MR) is 69.9 cm³/mol. The second kappa shape index (κ2) is 5.27. The van der Waals surface area contributed by atoms with E-state index in [-0.39, 0.29) is 23.9 Å². The molecule has 4 atom stereocenters. The number of carbonyl (C=O) groups is 1. The lowest BCUT2D eigenvalue weighted by molar-refractivity contribution is -0.143. The summed E-state index contributed by atoms with van der Waals surface area (Å²) in [5, 5.41) is 10.3. The van der Waals surface area contributed by atoms with Crippen LogP contribution in [0.5, 0.6) is 0 Å². The molecule has 2 rings (SSSR count). The Morgan fingerprint density at radius 3 is 2.78 bits per heavy atom. The standard InChI is InChI=1S/C15H22O3/c1-9-5-4-6-10(2)8-13-14(12(16)7-9)11(3)15(17)18-13/h6-7,11-14,16H,4-5,8H2,1-3H3. The highest BCUT2D eigenvalue weighted by atomic mass is 16.6. The predicted octanol–water partition coefficient (Wildman–Crippen LogP) is 2.60. The molecule has 18 heavy (non-hydrogen) atoms. The molecule has 1 heterocycles. The molecule has 3 nitrogen and oxygen atoms in total. The quantitative estimate of drug-likeness (QED) is 0.531. The molecule has 3 heteroatoms. The Morgan fingerprint density at radius 1 is 1.33 bits per heavy atom. The molecule has 1 aliphatic heterocycles. The van der Waals surface area contributed by atoms with Crippen molar-refractivity contribution in [3.8, 4) is 0 Å². The van der Waals surface area contributed by atoms with Crippen LogP contribution in [-0.4, -0.2) is 23.3 Å². The summed E-state index contributed by atoms with van der Waals surface area (Å²) in [7, 11) is 0. The van der Waals surface area contributed by atoms with Gasteiger partial charge < -0.3 is 9.84 Å². The monoisotopic (exact) mass is 250 g/mol. The van der Waals surface area contributed by atoms with E-state index in [0.29, 0.717) is 0 Å². The maximum Gasteiger partial charge on any atom is 0.309 e. The molecule has 0 spiro atoms. The number of carbonyl (C=O) groups excluding carboxylic acids is 1. The number of hydrogen-bond donors (Lipinski definition) is 1. The molecule has 0 radical (unpaired) electrons. The van der Waals surface area contributed by atoms with E-state index >= 15 is 0 Å². The third-order valence-electron chi connectivity index (χ3n) is 4.05. The van der Waals surface area contributed by atoms with Crippen molar-refractivity contribution in [1.82, 2.24) is 0 Å². The fourth-order valence-electron chi connectivity index (χ4n) is 2.94. The van der Waals surface area contributed by atoms with Gasteiger partial charge in [-0.3, -0.25) is 4.79 Å².